The normalized spacial score (nSPS) is 12.6. The van der Waals surface area contributed by atoms with Crippen LogP contribution in [0.2, 0.25) is 0 Å². The van der Waals surface area contributed by atoms with Crippen LogP contribution in [0, 0.1) is 10.1 Å². The molecule has 0 radical (unpaired) electrons. The molecule has 0 fully saturated rings. The Balaban J connectivity index is 3.80. The molecule has 0 saturated heterocycles. The molecule has 0 aliphatic heterocycles. The average Bonchev–Trinajstić information content (AvgIpc) is 2.63. The second-order valence-corrected chi connectivity index (χ2v) is 6.34. The van der Waals surface area contributed by atoms with Gasteiger partial charge in [0.2, 0.25) is 5.70 Å². The first-order valence-electron chi connectivity index (χ1n) is 9.94. The Kier molecular flexibility index (Phi) is 17.9. The van der Waals surface area contributed by atoms with Crippen LogP contribution >= 0.6 is 0 Å². The largest absolute Gasteiger partial charge is 0.303 e. The van der Waals surface area contributed by atoms with E-state index in [4.69, 9.17) is 0 Å². The van der Waals surface area contributed by atoms with Gasteiger partial charge in [-0.15, -0.1) is 0 Å². The van der Waals surface area contributed by atoms with E-state index in [0.29, 0.717) is 18.5 Å². The van der Waals surface area contributed by atoms with Crippen LogP contribution in [0.4, 0.5) is 0 Å². The number of carbonyl (C=O) groups is 1. The number of hydrogen-bond donors (Lipinski definition) is 0. The molecule has 0 saturated carbocycles. The van der Waals surface area contributed by atoms with E-state index in [2.05, 4.69) is 31.2 Å². The van der Waals surface area contributed by atoms with E-state index in [-0.39, 0.29) is 4.92 Å². The van der Waals surface area contributed by atoms with Gasteiger partial charge in [0, 0.05) is 6.42 Å². The molecular weight excluding hydrogens is 326 g/mol. The maximum atomic E-state index is 11.0. The molecule has 0 atom stereocenters. The molecule has 0 unspecified atom stereocenters. The third kappa shape index (κ3) is 16.9. The van der Waals surface area contributed by atoms with Crippen molar-refractivity contribution in [2.24, 2.45) is 0 Å². The van der Waals surface area contributed by atoms with Crippen LogP contribution in [0.5, 0.6) is 0 Å². The van der Waals surface area contributed by atoms with E-state index >= 15 is 0 Å². The van der Waals surface area contributed by atoms with E-state index in [9.17, 15) is 14.9 Å². The standard InChI is InChI=1S/C22H35NO3/c1-2-3-4-16-19-22(23(25)26)20-17-14-12-10-8-6-5-7-9-11-13-15-18-21-24/h5,7-8,10,14,17,19,21H,2-4,6,9,11-13,15-16,18,20H2,1H3/b7-5+,10-8+,17-14+,22-19-. The summed E-state index contributed by atoms with van der Waals surface area (Å²) in [4.78, 5) is 20.9. The van der Waals surface area contributed by atoms with Gasteiger partial charge in [-0.3, -0.25) is 10.1 Å². The fourth-order valence-electron chi connectivity index (χ4n) is 2.43. The van der Waals surface area contributed by atoms with Crippen LogP contribution in [-0.2, 0) is 4.79 Å². The summed E-state index contributed by atoms with van der Waals surface area (Å²) in [6.07, 6.45) is 26.3. The quantitative estimate of drug-likeness (QED) is 0.0950. The number of carbonyl (C=O) groups excluding carboxylic acids is 1. The maximum Gasteiger partial charge on any atom is 0.246 e. The maximum absolute atomic E-state index is 11.0. The van der Waals surface area contributed by atoms with E-state index in [0.717, 1.165) is 70.5 Å². The predicted octanol–water partition coefficient (Wildman–Crippen LogP) is 6.72. The Morgan fingerprint density at radius 2 is 1.42 bits per heavy atom. The summed E-state index contributed by atoms with van der Waals surface area (Å²) in [7, 11) is 0. The number of allylic oxidation sites excluding steroid dienone is 7. The lowest BCUT2D eigenvalue weighted by molar-refractivity contribution is -0.427. The summed E-state index contributed by atoms with van der Waals surface area (Å²) in [5.41, 5.74) is 0.303. The molecule has 0 N–H and O–H groups in total. The summed E-state index contributed by atoms with van der Waals surface area (Å²) in [5, 5.41) is 11.0. The molecule has 0 aliphatic rings. The molecule has 4 nitrogen and oxygen atoms in total. The predicted molar refractivity (Wildman–Crippen MR) is 110 cm³/mol. The summed E-state index contributed by atoms with van der Waals surface area (Å²) < 4.78 is 0. The Hall–Kier alpha value is -1.97. The molecule has 0 aromatic heterocycles. The van der Waals surface area contributed by atoms with E-state index in [1.807, 2.05) is 12.2 Å². The molecule has 146 valence electrons. The second kappa shape index (κ2) is 19.4. The van der Waals surface area contributed by atoms with Gasteiger partial charge in [0.15, 0.2) is 0 Å². The molecule has 26 heavy (non-hydrogen) atoms. The topological polar surface area (TPSA) is 60.2 Å². The van der Waals surface area contributed by atoms with Crippen molar-refractivity contribution in [2.75, 3.05) is 0 Å². The Morgan fingerprint density at radius 1 is 0.808 bits per heavy atom. The van der Waals surface area contributed by atoms with Crippen LogP contribution in [0.15, 0.2) is 48.2 Å². The zero-order valence-corrected chi connectivity index (χ0v) is 16.3. The third-order valence-corrected chi connectivity index (χ3v) is 3.99. The SMILES string of the molecule is CCCCC/C=C(/C/C=C/C/C=C/C/C=C/CCCCCC=O)[N+](=O)[O-]. The highest BCUT2D eigenvalue weighted by Gasteiger charge is 2.06. The van der Waals surface area contributed by atoms with Crippen LogP contribution in [0.1, 0.15) is 84.0 Å². The Bertz CT molecular complexity index is 476. The third-order valence-electron chi connectivity index (χ3n) is 3.99. The van der Waals surface area contributed by atoms with E-state index in [1.54, 1.807) is 6.08 Å². The number of rotatable bonds is 17. The molecule has 0 aliphatic carbocycles. The molecular formula is C22H35NO3. The zero-order chi connectivity index (χ0) is 19.3. The summed E-state index contributed by atoms with van der Waals surface area (Å²) in [6.45, 7) is 2.13. The minimum Gasteiger partial charge on any atom is -0.303 e. The first kappa shape index (κ1) is 24.0. The van der Waals surface area contributed by atoms with Crippen molar-refractivity contribution in [3.05, 3.63) is 58.3 Å². The van der Waals surface area contributed by atoms with Crippen molar-refractivity contribution in [3.63, 3.8) is 0 Å². The van der Waals surface area contributed by atoms with Gasteiger partial charge >= 0.3 is 0 Å². The van der Waals surface area contributed by atoms with Gasteiger partial charge in [-0.05, 0) is 51.0 Å². The first-order chi connectivity index (χ1) is 12.7. The molecule has 0 bridgehead atoms. The average molecular weight is 362 g/mol. The number of nitro groups is 1. The van der Waals surface area contributed by atoms with Crippen LogP contribution in [0.25, 0.3) is 0 Å². The molecule has 0 heterocycles. The van der Waals surface area contributed by atoms with Crippen molar-refractivity contribution >= 4 is 6.29 Å². The van der Waals surface area contributed by atoms with Crippen molar-refractivity contribution in [1.82, 2.24) is 0 Å². The highest BCUT2D eigenvalue weighted by Crippen LogP contribution is 2.09. The van der Waals surface area contributed by atoms with Gasteiger partial charge < -0.3 is 4.79 Å². The Labute approximate surface area is 158 Å². The van der Waals surface area contributed by atoms with Crippen LogP contribution in [-0.4, -0.2) is 11.2 Å². The highest BCUT2D eigenvalue weighted by atomic mass is 16.6. The fourth-order valence-corrected chi connectivity index (χ4v) is 2.43. The minimum absolute atomic E-state index is 0.268. The van der Waals surface area contributed by atoms with Crippen LogP contribution < -0.4 is 0 Å². The van der Waals surface area contributed by atoms with Gasteiger partial charge in [0.05, 0.1) is 11.3 Å². The van der Waals surface area contributed by atoms with Gasteiger partial charge in [-0.2, -0.15) is 0 Å². The summed E-state index contributed by atoms with van der Waals surface area (Å²) in [5.74, 6) is 0. The molecule has 0 rings (SSSR count). The van der Waals surface area contributed by atoms with Crippen molar-refractivity contribution in [1.29, 1.82) is 0 Å². The minimum atomic E-state index is -0.268. The molecule has 0 aromatic rings. The van der Waals surface area contributed by atoms with Crippen LogP contribution in [0.3, 0.4) is 0 Å². The first-order valence-corrected chi connectivity index (χ1v) is 9.94. The van der Waals surface area contributed by atoms with Gasteiger partial charge in [-0.1, -0.05) is 62.6 Å². The lowest BCUT2D eigenvalue weighted by Gasteiger charge is -1.95. The monoisotopic (exact) mass is 361 g/mol. The Morgan fingerprint density at radius 3 is 2.08 bits per heavy atom. The summed E-state index contributed by atoms with van der Waals surface area (Å²) >= 11 is 0. The molecule has 4 heteroatoms. The fraction of sp³-hybridized carbons (Fsp3) is 0.591. The molecule has 0 spiro atoms. The molecule has 0 amide bonds. The second-order valence-electron chi connectivity index (χ2n) is 6.34. The zero-order valence-electron chi connectivity index (χ0n) is 16.3. The smallest absolute Gasteiger partial charge is 0.246 e. The number of aldehydes is 1. The summed E-state index contributed by atoms with van der Waals surface area (Å²) in [6, 6.07) is 0. The number of unbranched alkanes of at least 4 members (excludes halogenated alkanes) is 7. The van der Waals surface area contributed by atoms with Crippen molar-refractivity contribution in [2.45, 2.75) is 84.0 Å². The van der Waals surface area contributed by atoms with Gasteiger partial charge in [0.25, 0.3) is 0 Å². The van der Waals surface area contributed by atoms with E-state index < -0.39 is 0 Å². The van der Waals surface area contributed by atoms with Crippen molar-refractivity contribution in [3.8, 4) is 0 Å². The van der Waals surface area contributed by atoms with E-state index in [1.165, 1.54) is 0 Å². The van der Waals surface area contributed by atoms with Gasteiger partial charge in [-0.25, -0.2) is 0 Å². The lowest BCUT2D eigenvalue weighted by Crippen LogP contribution is -1.97. The number of hydrogen-bond acceptors (Lipinski definition) is 3. The number of nitrogens with zero attached hydrogens (tertiary/aromatic N) is 1. The highest BCUT2D eigenvalue weighted by molar-refractivity contribution is 5.48. The lowest BCUT2D eigenvalue weighted by atomic mass is 10.1. The molecule has 0 aromatic carbocycles. The van der Waals surface area contributed by atoms with Crippen molar-refractivity contribution < 1.29 is 9.72 Å². The van der Waals surface area contributed by atoms with Gasteiger partial charge in [0.1, 0.15) is 6.29 Å².